The molecule has 0 bridgehead atoms. The molecule has 2 aromatic rings. The lowest BCUT2D eigenvalue weighted by molar-refractivity contribution is 0.102. The van der Waals surface area contributed by atoms with Gasteiger partial charge in [0.05, 0.1) is 28.5 Å². The maximum atomic E-state index is 13.8. The molecule has 0 fully saturated rings. The predicted molar refractivity (Wildman–Crippen MR) is 101 cm³/mol. The molecule has 25 heavy (non-hydrogen) atoms. The number of aromatic nitrogens is 1. The monoisotopic (exact) mass is 408 g/mol. The molecule has 4 nitrogen and oxygen atoms in total. The number of carbonyl (C=O) groups is 1. The molecule has 134 valence electrons. The number of carbonyl (C=O) groups excluding carboxylic acids is 1. The summed E-state index contributed by atoms with van der Waals surface area (Å²) in [4.78, 5) is 17.3. The van der Waals surface area contributed by atoms with Crippen molar-refractivity contribution < 1.29 is 13.9 Å². The van der Waals surface area contributed by atoms with Crippen LogP contribution in [0.5, 0.6) is 5.75 Å². The number of methoxy groups -OCH3 is 1. The highest BCUT2D eigenvalue weighted by Gasteiger charge is 2.22. The molecule has 1 aromatic carbocycles. The highest BCUT2D eigenvalue weighted by Crippen LogP contribution is 2.34. The second-order valence-corrected chi connectivity index (χ2v) is 6.56. The first kappa shape index (κ1) is 19.4. The predicted octanol–water partition coefficient (Wildman–Crippen LogP) is 4.99. The Hall–Kier alpha value is -1.95. The normalized spacial score (nSPS) is 10.7. The molecule has 0 saturated heterocycles. The molecule has 6 heteroatoms. The van der Waals surface area contributed by atoms with Crippen LogP contribution < -0.4 is 10.1 Å². The Kier molecular flexibility index (Phi) is 6.16. The van der Waals surface area contributed by atoms with Crippen LogP contribution in [0.25, 0.3) is 0 Å². The topological polar surface area (TPSA) is 51.2 Å². The summed E-state index contributed by atoms with van der Waals surface area (Å²) in [6, 6.07) is 2.93. The summed E-state index contributed by atoms with van der Waals surface area (Å²) in [5.74, 6) is -0.0600. The zero-order chi connectivity index (χ0) is 18.7. The van der Waals surface area contributed by atoms with E-state index in [1.54, 1.807) is 6.92 Å². The van der Waals surface area contributed by atoms with E-state index in [-0.39, 0.29) is 11.7 Å². The van der Waals surface area contributed by atoms with Crippen LogP contribution in [0.15, 0.2) is 16.6 Å². The average Bonchev–Trinajstić information content (AvgIpc) is 2.55. The van der Waals surface area contributed by atoms with Crippen LogP contribution in [0.1, 0.15) is 46.7 Å². The number of anilines is 1. The summed E-state index contributed by atoms with van der Waals surface area (Å²) in [7, 11) is 1.54. The fourth-order valence-corrected chi connectivity index (χ4v) is 3.83. The fraction of sp³-hybridized carbons (Fsp3) is 0.368. The average molecular weight is 409 g/mol. The summed E-state index contributed by atoms with van der Waals surface area (Å²) in [5.41, 5.74) is 3.92. The number of pyridine rings is 1. The number of benzene rings is 1. The van der Waals surface area contributed by atoms with Crippen LogP contribution in [0.4, 0.5) is 10.1 Å². The summed E-state index contributed by atoms with van der Waals surface area (Å²) >= 11 is 3.45. The molecule has 2 rings (SSSR count). The number of halogens is 2. The highest BCUT2D eigenvalue weighted by atomic mass is 79.9. The lowest BCUT2D eigenvalue weighted by Gasteiger charge is -2.17. The molecule has 0 saturated carbocycles. The van der Waals surface area contributed by atoms with E-state index < -0.39 is 0 Å². The van der Waals surface area contributed by atoms with Crippen LogP contribution >= 0.6 is 15.9 Å². The quantitative estimate of drug-likeness (QED) is 0.758. The molecule has 1 N–H and O–H groups in total. The van der Waals surface area contributed by atoms with Gasteiger partial charge in [-0.3, -0.25) is 9.78 Å². The molecule has 0 aliphatic carbocycles. The zero-order valence-electron chi connectivity index (χ0n) is 15.1. The second kappa shape index (κ2) is 7.95. The Morgan fingerprint density at radius 2 is 1.76 bits per heavy atom. The Balaban J connectivity index is 2.52. The minimum absolute atomic E-state index is 0.289. The van der Waals surface area contributed by atoms with Crippen molar-refractivity contribution in [3.63, 3.8) is 0 Å². The van der Waals surface area contributed by atoms with Crippen LogP contribution in [-0.4, -0.2) is 18.0 Å². The summed E-state index contributed by atoms with van der Waals surface area (Å²) < 4.78 is 19.7. The van der Waals surface area contributed by atoms with Gasteiger partial charge in [0.2, 0.25) is 0 Å². The van der Waals surface area contributed by atoms with E-state index >= 15 is 0 Å². The van der Waals surface area contributed by atoms with Gasteiger partial charge in [-0.05, 0) is 65.9 Å². The number of nitrogens with one attached hydrogen (secondary N) is 1. The first-order valence-electron chi connectivity index (χ1n) is 8.17. The molecule has 0 spiro atoms. The lowest BCUT2D eigenvalue weighted by Crippen LogP contribution is -2.18. The summed E-state index contributed by atoms with van der Waals surface area (Å²) in [6.07, 6.45) is 1.24. The van der Waals surface area contributed by atoms with Gasteiger partial charge in [0.1, 0.15) is 5.82 Å². The van der Waals surface area contributed by atoms with Crippen LogP contribution in [0.2, 0.25) is 0 Å². The number of rotatable bonds is 5. The largest absolute Gasteiger partial charge is 0.494 e. The minimum atomic E-state index is -0.300. The fourth-order valence-electron chi connectivity index (χ4n) is 2.91. The summed E-state index contributed by atoms with van der Waals surface area (Å²) in [6.45, 7) is 7.46. The van der Waals surface area contributed by atoms with Gasteiger partial charge in [0.25, 0.3) is 5.91 Å². The van der Waals surface area contributed by atoms with Gasteiger partial charge < -0.3 is 10.1 Å². The first-order chi connectivity index (χ1) is 11.8. The molecule has 0 radical (unpaired) electrons. The van der Waals surface area contributed by atoms with Gasteiger partial charge in [-0.2, -0.15) is 0 Å². The Labute approximate surface area is 155 Å². The number of nitrogens with zero attached hydrogens (tertiary/aromatic N) is 1. The standard InChI is InChI=1S/C19H22BrFN2O2/c1-6-12-8-14(21)9-13(7-2)17(12)23-19(24)15-10(3)22-11(4)18(25-5)16(15)20/h8-9H,6-7H2,1-5H3,(H,23,24). The molecule has 0 aliphatic rings. The zero-order valence-corrected chi connectivity index (χ0v) is 16.7. The van der Waals surface area contributed by atoms with Crippen molar-refractivity contribution in [2.75, 3.05) is 12.4 Å². The van der Waals surface area contributed by atoms with Crippen molar-refractivity contribution in [3.8, 4) is 5.75 Å². The second-order valence-electron chi connectivity index (χ2n) is 5.77. The van der Waals surface area contributed by atoms with Gasteiger partial charge in [-0.25, -0.2) is 4.39 Å². The van der Waals surface area contributed by atoms with Gasteiger partial charge >= 0.3 is 0 Å². The smallest absolute Gasteiger partial charge is 0.258 e. The molecular weight excluding hydrogens is 387 g/mol. The maximum Gasteiger partial charge on any atom is 0.258 e. The third-order valence-corrected chi connectivity index (χ3v) is 4.90. The number of hydrogen-bond donors (Lipinski definition) is 1. The lowest BCUT2D eigenvalue weighted by atomic mass is 10.0. The van der Waals surface area contributed by atoms with E-state index in [1.165, 1.54) is 19.2 Å². The molecule has 1 heterocycles. The van der Waals surface area contributed by atoms with E-state index in [0.29, 0.717) is 45.7 Å². The van der Waals surface area contributed by atoms with Crippen molar-refractivity contribution in [2.24, 2.45) is 0 Å². The van der Waals surface area contributed by atoms with Crippen LogP contribution in [0.3, 0.4) is 0 Å². The number of amides is 1. The van der Waals surface area contributed by atoms with Crippen LogP contribution in [0, 0.1) is 19.7 Å². The Bertz CT molecular complexity index is 797. The van der Waals surface area contributed by atoms with Gasteiger partial charge in [0.15, 0.2) is 5.75 Å². The van der Waals surface area contributed by atoms with Gasteiger partial charge in [0, 0.05) is 5.69 Å². The number of hydrogen-bond acceptors (Lipinski definition) is 3. The van der Waals surface area contributed by atoms with E-state index in [4.69, 9.17) is 4.74 Å². The number of ether oxygens (including phenoxy) is 1. The van der Waals surface area contributed by atoms with E-state index in [2.05, 4.69) is 26.2 Å². The van der Waals surface area contributed by atoms with Crippen molar-refractivity contribution >= 4 is 27.5 Å². The molecule has 1 aromatic heterocycles. The van der Waals surface area contributed by atoms with Gasteiger partial charge in [-0.15, -0.1) is 0 Å². The molecule has 1 amide bonds. The molecule has 0 unspecified atom stereocenters. The third kappa shape index (κ3) is 3.84. The van der Waals surface area contributed by atoms with E-state index in [9.17, 15) is 9.18 Å². The highest BCUT2D eigenvalue weighted by molar-refractivity contribution is 9.10. The molecular formula is C19H22BrFN2O2. The van der Waals surface area contributed by atoms with E-state index in [0.717, 1.165) is 11.1 Å². The number of aryl methyl sites for hydroxylation is 4. The SMILES string of the molecule is CCc1cc(F)cc(CC)c1NC(=O)c1c(C)nc(C)c(OC)c1Br. The molecule has 0 aliphatic heterocycles. The first-order valence-corrected chi connectivity index (χ1v) is 8.96. The van der Waals surface area contributed by atoms with Crippen molar-refractivity contribution in [1.29, 1.82) is 0 Å². The molecule has 0 atom stereocenters. The van der Waals surface area contributed by atoms with Crippen molar-refractivity contribution in [2.45, 2.75) is 40.5 Å². The summed E-state index contributed by atoms with van der Waals surface area (Å²) in [5, 5.41) is 2.95. The minimum Gasteiger partial charge on any atom is -0.494 e. The Morgan fingerprint density at radius 3 is 2.24 bits per heavy atom. The van der Waals surface area contributed by atoms with Crippen molar-refractivity contribution in [3.05, 3.63) is 50.5 Å². The van der Waals surface area contributed by atoms with Crippen LogP contribution in [-0.2, 0) is 12.8 Å². The van der Waals surface area contributed by atoms with E-state index in [1.807, 2.05) is 20.8 Å². The van der Waals surface area contributed by atoms with Gasteiger partial charge in [-0.1, -0.05) is 13.8 Å². The Morgan fingerprint density at radius 1 is 1.20 bits per heavy atom. The van der Waals surface area contributed by atoms with Crippen molar-refractivity contribution in [1.82, 2.24) is 4.98 Å². The third-order valence-electron chi connectivity index (χ3n) is 4.14. The maximum absolute atomic E-state index is 13.8.